The summed E-state index contributed by atoms with van der Waals surface area (Å²) in [5.41, 5.74) is 0.396. The Balaban J connectivity index is 1.90. The molecule has 19 heavy (non-hydrogen) atoms. The second kappa shape index (κ2) is 6.86. The fraction of sp³-hybridized carbons (Fsp3) is 0.500. The van der Waals surface area contributed by atoms with Crippen molar-refractivity contribution in [1.82, 2.24) is 14.9 Å². The van der Waals surface area contributed by atoms with Crippen LogP contribution in [0.2, 0.25) is 0 Å². The number of likely N-dealkylation sites (tertiary alicyclic amines) is 1. The lowest BCUT2D eigenvalue weighted by Gasteiger charge is -2.32. The molecule has 1 aromatic heterocycles. The third kappa shape index (κ3) is 3.76. The van der Waals surface area contributed by atoms with E-state index < -0.39 is 0 Å². The molecule has 100 valence electrons. The molecule has 0 unspecified atom stereocenters. The first kappa shape index (κ1) is 13.5. The highest BCUT2D eigenvalue weighted by Gasteiger charge is 2.25. The fourth-order valence-electron chi connectivity index (χ4n) is 2.24. The quantitative estimate of drug-likeness (QED) is 0.597. The smallest absolute Gasteiger partial charge is 0.274 e. The average molecular weight is 259 g/mol. The molecule has 0 aliphatic carbocycles. The lowest BCUT2D eigenvalue weighted by atomic mass is 9.99. The van der Waals surface area contributed by atoms with Gasteiger partial charge in [0.2, 0.25) is 0 Å². The number of terminal acetylenes is 1. The number of carbonyl (C=O) groups is 1. The Morgan fingerprint density at radius 3 is 3.21 bits per heavy atom. The van der Waals surface area contributed by atoms with Crippen LogP contribution < -0.4 is 0 Å². The van der Waals surface area contributed by atoms with Crippen molar-refractivity contribution in [2.45, 2.75) is 12.8 Å². The molecule has 1 amide bonds. The minimum atomic E-state index is -0.0604. The van der Waals surface area contributed by atoms with Gasteiger partial charge in [0.1, 0.15) is 12.3 Å². The van der Waals surface area contributed by atoms with Crippen molar-refractivity contribution >= 4 is 5.91 Å². The minimum Gasteiger partial charge on any atom is -0.368 e. The minimum absolute atomic E-state index is 0.0604. The summed E-state index contributed by atoms with van der Waals surface area (Å²) in [6, 6.07) is 0. The molecule has 0 saturated carbocycles. The van der Waals surface area contributed by atoms with Crippen molar-refractivity contribution in [1.29, 1.82) is 0 Å². The number of rotatable bonds is 4. The lowest BCUT2D eigenvalue weighted by Crippen LogP contribution is -2.41. The Hall–Kier alpha value is -1.93. The molecule has 0 spiro atoms. The second-order valence-electron chi connectivity index (χ2n) is 4.57. The van der Waals surface area contributed by atoms with Gasteiger partial charge in [0, 0.05) is 31.4 Å². The van der Waals surface area contributed by atoms with Crippen LogP contribution in [0.4, 0.5) is 0 Å². The van der Waals surface area contributed by atoms with E-state index in [1.165, 1.54) is 12.4 Å². The van der Waals surface area contributed by atoms with Gasteiger partial charge in [0.25, 0.3) is 5.91 Å². The third-order valence-electron chi connectivity index (χ3n) is 3.13. The van der Waals surface area contributed by atoms with Gasteiger partial charge < -0.3 is 9.64 Å². The average Bonchev–Trinajstić information content (AvgIpc) is 2.48. The van der Waals surface area contributed by atoms with Crippen LogP contribution in [0.15, 0.2) is 18.6 Å². The van der Waals surface area contributed by atoms with Gasteiger partial charge in [-0.1, -0.05) is 5.92 Å². The topological polar surface area (TPSA) is 55.3 Å². The number of aromatic nitrogens is 2. The lowest BCUT2D eigenvalue weighted by molar-refractivity contribution is 0.0529. The maximum Gasteiger partial charge on any atom is 0.274 e. The summed E-state index contributed by atoms with van der Waals surface area (Å²) in [4.78, 5) is 22.0. The molecule has 1 atom stereocenters. The van der Waals surface area contributed by atoms with Gasteiger partial charge in [-0.2, -0.15) is 0 Å². The van der Waals surface area contributed by atoms with Crippen molar-refractivity contribution in [3.8, 4) is 12.3 Å². The Bertz CT molecular complexity index is 456. The van der Waals surface area contributed by atoms with Crippen molar-refractivity contribution in [3.05, 3.63) is 24.3 Å². The third-order valence-corrected chi connectivity index (χ3v) is 3.13. The molecule has 0 radical (unpaired) electrons. The molecular formula is C14H17N3O2. The zero-order valence-electron chi connectivity index (χ0n) is 10.8. The number of nitrogens with zero attached hydrogens (tertiary/aromatic N) is 3. The molecular weight excluding hydrogens is 242 g/mol. The number of hydrogen-bond donors (Lipinski definition) is 0. The molecule has 0 N–H and O–H groups in total. The Labute approximate surface area is 113 Å². The summed E-state index contributed by atoms with van der Waals surface area (Å²) in [6.07, 6.45) is 11.8. The van der Waals surface area contributed by atoms with Crippen LogP contribution in [-0.4, -0.2) is 47.1 Å². The van der Waals surface area contributed by atoms with Crippen LogP contribution in [-0.2, 0) is 4.74 Å². The van der Waals surface area contributed by atoms with Crippen LogP contribution >= 0.6 is 0 Å². The predicted molar refractivity (Wildman–Crippen MR) is 70.3 cm³/mol. The first-order valence-corrected chi connectivity index (χ1v) is 6.37. The van der Waals surface area contributed by atoms with Crippen molar-refractivity contribution in [2.75, 3.05) is 26.3 Å². The largest absolute Gasteiger partial charge is 0.368 e. The number of hydrogen-bond acceptors (Lipinski definition) is 4. The van der Waals surface area contributed by atoms with Gasteiger partial charge in [-0.05, 0) is 12.8 Å². The summed E-state index contributed by atoms with van der Waals surface area (Å²) in [7, 11) is 0. The number of amides is 1. The maximum absolute atomic E-state index is 12.2. The van der Waals surface area contributed by atoms with Gasteiger partial charge in [0.05, 0.1) is 12.8 Å². The van der Waals surface area contributed by atoms with E-state index in [0.717, 1.165) is 19.4 Å². The predicted octanol–water partition coefficient (Wildman–Crippen LogP) is 0.979. The van der Waals surface area contributed by atoms with E-state index in [1.54, 1.807) is 6.20 Å². The van der Waals surface area contributed by atoms with Crippen LogP contribution in [0.5, 0.6) is 0 Å². The SMILES string of the molecule is C#CCOC[C@@H]1CCCN(C(=O)c2cnccn2)C1. The van der Waals surface area contributed by atoms with Gasteiger partial charge in [-0.3, -0.25) is 9.78 Å². The summed E-state index contributed by atoms with van der Waals surface area (Å²) < 4.78 is 5.35. The molecule has 1 aliphatic heterocycles. The van der Waals surface area contributed by atoms with Crippen LogP contribution in [0.3, 0.4) is 0 Å². The first-order chi connectivity index (χ1) is 9.31. The number of ether oxygens (including phenoxy) is 1. The second-order valence-corrected chi connectivity index (χ2v) is 4.57. The summed E-state index contributed by atoms with van der Waals surface area (Å²) in [5.74, 6) is 2.74. The molecule has 5 heteroatoms. The van der Waals surface area contributed by atoms with Crippen LogP contribution in [0.1, 0.15) is 23.3 Å². The highest BCUT2D eigenvalue weighted by Crippen LogP contribution is 2.18. The molecule has 2 heterocycles. The molecule has 1 aliphatic rings. The Morgan fingerprint density at radius 1 is 1.58 bits per heavy atom. The monoisotopic (exact) mass is 259 g/mol. The van der Waals surface area contributed by atoms with Gasteiger partial charge in [0.15, 0.2) is 0 Å². The van der Waals surface area contributed by atoms with Crippen molar-refractivity contribution < 1.29 is 9.53 Å². The van der Waals surface area contributed by atoms with E-state index in [4.69, 9.17) is 11.2 Å². The van der Waals surface area contributed by atoms with E-state index >= 15 is 0 Å². The fourth-order valence-corrected chi connectivity index (χ4v) is 2.24. The van der Waals surface area contributed by atoms with Gasteiger partial charge in [-0.25, -0.2) is 4.98 Å². The highest BCUT2D eigenvalue weighted by atomic mass is 16.5. The zero-order valence-corrected chi connectivity index (χ0v) is 10.8. The van der Waals surface area contributed by atoms with E-state index in [1.807, 2.05) is 4.90 Å². The first-order valence-electron chi connectivity index (χ1n) is 6.37. The molecule has 2 rings (SSSR count). The van der Waals surface area contributed by atoms with Gasteiger partial charge >= 0.3 is 0 Å². The molecule has 1 aromatic rings. The van der Waals surface area contributed by atoms with E-state index in [9.17, 15) is 4.79 Å². The van der Waals surface area contributed by atoms with Gasteiger partial charge in [-0.15, -0.1) is 6.42 Å². The molecule has 5 nitrogen and oxygen atoms in total. The van der Waals surface area contributed by atoms with Crippen molar-refractivity contribution in [3.63, 3.8) is 0 Å². The number of piperidine rings is 1. The molecule has 0 bridgehead atoms. The zero-order chi connectivity index (χ0) is 13.5. The van der Waals surface area contributed by atoms with E-state index in [2.05, 4.69) is 15.9 Å². The molecule has 1 saturated heterocycles. The van der Waals surface area contributed by atoms with E-state index in [0.29, 0.717) is 31.4 Å². The summed E-state index contributed by atoms with van der Waals surface area (Å²) in [5, 5.41) is 0. The maximum atomic E-state index is 12.2. The summed E-state index contributed by atoms with van der Waals surface area (Å²) in [6.45, 7) is 2.39. The molecule has 1 fully saturated rings. The number of carbonyl (C=O) groups excluding carboxylic acids is 1. The highest BCUT2D eigenvalue weighted by molar-refractivity contribution is 5.92. The standard InChI is InChI=1S/C14H17N3O2/c1-2-8-19-11-12-4-3-7-17(10-12)14(18)13-9-15-5-6-16-13/h1,5-6,9,12H,3-4,7-8,10-11H2/t12-/m1/s1. The summed E-state index contributed by atoms with van der Waals surface area (Å²) >= 11 is 0. The van der Waals surface area contributed by atoms with E-state index in [-0.39, 0.29) is 5.91 Å². The normalized spacial score (nSPS) is 18.9. The van der Waals surface area contributed by atoms with Crippen molar-refractivity contribution in [2.24, 2.45) is 5.92 Å². The molecule has 0 aromatic carbocycles. The Morgan fingerprint density at radius 2 is 2.47 bits per heavy atom. The van der Waals surface area contributed by atoms with Crippen LogP contribution in [0, 0.1) is 18.3 Å². The van der Waals surface area contributed by atoms with Crippen LogP contribution in [0.25, 0.3) is 0 Å². The Kier molecular flexibility index (Phi) is 4.87.